The molecule has 0 fully saturated rings. The number of hydrogen-bond donors (Lipinski definition) is 1. The van der Waals surface area contributed by atoms with Crippen molar-refractivity contribution in [2.45, 2.75) is 12.1 Å². The first-order valence-electron chi connectivity index (χ1n) is 5.35. The second-order valence-corrected chi connectivity index (χ2v) is 4.56. The molecule has 0 atom stereocenters. The van der Waals surface area contributed by atoms with Gasteiger partial charge in [0.1, 0.15) is 11.6 Å². The molecule has 1 N–H and O–H groups in total. The number of thioether (sulfide) groups is 1. The third-order valence-corrected chi connectivity index (χ3v) is 3.22. The zero-order valence-electron chi connectivity index (χ0n) is 10.1. The Hall–Kier alpha value is -2.06. The molecule has 5 heteroatoms. The summed E-state index contributed by atoms with van der Waals surface area (Å²) in [6.07, 6.45) is 3.34. The molecule has 0 saturated carbocycles. The Balaban J connectivity index is 2.73. The van der Waals surface area contributed by atoms with Gasteiger partial charge in [-0.15, -0.1) is 0 Å². The van der Waals surface area contributed by atoms with Crippen LogP contribution in [-0.4, -0.2) is 15.8 Å². The fourth-order valence-corrected chi connectivity index (χ4v) is 2.15. The fourth-order valence-electron chi connectivity index (χ4n) is 1.61. The second-order valence-electron chi connectivity index (χ2n) is 3.79. The zero-order chi connectivity index (χ0) is 13.1. The summed E-state index contributed by atoms with van der Waals surface area (Å²) >= 11 is 1.45. The summed E-state index contributed by atoms with van der Waals surface area (Å²) in [5, 5.41) is 17.7. The van der Waals surface area contributed by atoms with Crippen LogP contribution in [0.25, 0.3) is 5.69 Å². The highest BCUT2D eigenvalue weighted by Gasteiger charge is 2.08. The van der Waals surface area contributed by atoms with E-state index in [1.165, 1.54) is 18.0 Å². The maximum atomic E-state index is 8.97. The SMILES string of the molecule is CSc1ncc(C#N)c(=N)n1-c1ccc(C)cc1. The van der Waals surface area contributed by atoms with Crippen LogP contribution in [0.5, 0.6) is 0 Å². The van der Waals surface area contributed by atoms with Crippen molar-refractivity contribution in [2.75, 3.05) is 6.26 Å². The summed E-state index contributed by atoms with van der Waals surface area (Å²) in [6.45, 7) is 2.01. The summed E-state index contributed by atoms with van der Waals surface area (Å²) < 4.78 is 1.68. The van der Waals surface area contributed by atoms with E-state index >= 15 is 0 Å². The Morgan fingerprint density at radius 3 is 2.56 bits per heavy atom. The van der Waals surface area contributed by atoms with Gasteiger partial charge in [-0.1, -0.05) is 29.5 Å². The monoisotopic (exact) mass is 256 g/mol. The molecule has 1 aromatic heterocycles. The van der Waals surface area contributed by atoms with Gasteiger partial charge in [0.05, 0.1) is 6.20 Å². The number of nitrogens with zero attached hydrogens (tertiary/aromatic N) is 3. The van der Waals surface area contributed by atoms with Gasteiger partial charge in [0.2, 0.25) is 0 Å². The molecule has 0 aliphatic rings. The first-order valence-corrected chi connectivity index (χ1v) is 6.57. The molecule has 0 amide bonds. The topological polar surface area (TPSA) is 65.5 Å². The van der Waals surface area contributed by atoms with Crippen LogP contribution in [0.1, 0.15) is 11.1 Å². The van der Waals surface area contributed by atoms with Gasteiger partial charge in [0, 0.05) is 5.69 Å². The molecule has 0 aliphatic carbocycles. The lowest BCUT2D eigenvalue weighted by Gasteiger charge is -2.11. The molecule has 0 aliphatic heterocycles. The van der Waals surface area contributed by atoms with Gasteiger partial charge in [0.15, 0.2) is 10.6 Å². The molecule has 90 valence electrons. The minimum absolute atomic E-state index is 0.167. The molecule has 1 heterocycles. The van der Waals surface area contributed by atoms with Crippen molar-refractivity contribution in [1.29, 1.82) is 10.7 Å². The molecule has 0 unspecified atom stereocenters. The normalized spacial score (nSPS) is 10.1. The molecule has 0 saturated heterocycles. The van der Waals surface area contributed by atoms with E-state index in [0.29, 0.717) is 5.16 Å². The third kappa shape index (κ3) is 2.15. The molecule has 2 rings (SSSR count). The predicted molar refractivity (Wildman–Crippen MR) is 70.7 cm³/mol. The lowest BCUT2D eigenvalue weighted by molar-refractivity contribution is 0.762. The van der Waals surface area contributed by atoms with Crippen LogP contribution >= 0.6 is 11.8 Å². The van der Waals surface area contributed by atoms with Crippen LogP contribution in [0.3, 0.4) is 0 Å². The van der Waals surface area contributed by atoms with Crippen molar-refractivity contribution < 1.29 is 0 Å². The maximum absolute atomic E-state index is 8.97. The minimum atomic E-state index is 0.167. The largest absolute Gasteiger partial charge is 0.283 e. The second kappa shape index (κ2) is 5.07. The van der Waals surface area contributed by atoms with Gasteiger partial charge in [0.25, 0.3) is 0 Å². The first kappa shape index (κ1) is 12.4. The summed E-state index contributed by atoms with van der Waals surface area (Å²) in [7, 11) is 0. The van der Waals surface area contributed by atoms with Crippen LogP contribution in [0, 0.1) is 23.7 Å². The molecule has 18 heavy (non-hydrogen) atoms. The van der Waals surface area contributed by atoms with Crippen molar-refractivity contribution in [3.63, 3.8) is 0 Å². The Morgan fingerprint density at radius 2 is 2.00 bits per heavy atom. The Labute approximate surface area is 109 Å². The molecular weight excluding hydrogens is 244 g/mol. The van der Waals surface area contributed by atoms with Gasteiger partial charge in [-0.3, -0.25) is 9.98 Å². The zero-order valence-corrected chi connectivity index (χ0v) is 11.0. The number of rotatable bonds is 2. The highest BCUT2D eigenvalue weighted by Crippen LogP contribution is 2.15. The number of nitriles is 1. The van der Waals surface area contributed by atoms with E-state index in [0.717, 1.165) is 11.3 Å². The predicted octanol–water partition coefficient (Wildman–Crippen LogP) is 2.25. The van der Waals surface area contributed by atoms with Gasteiger partial charge >= 0.3 is 0 Å². The Morgan fingerprint density at radius 1 is 1.33 bits per heavy atom. The van der Waals surface area contributed by atoms with Crippen molar-refractivity contribution in [3.05, 3.63) is 47.1 Å². The lowest BCUT2D eigenvalue weighted by Crippen LogP contribution is -2.23. The maximum Gasteiger partial charge on any atom is 0.173 e. The third-order valence-electron chi connectivity index (χ3n) is 2.57. The van der Waals surface area contributed by atoms with Crippen molar-refractivity contribution in [1.82, 2.24) is 9.55 Å². The first-order chi connectivity index (χ1) is 8.67. The number of hydrogen-bond acceptors (Lipinski definition) is 4. The molecule has 0 radical (unpaired) electrons. The number of nitrogens with one attached hydrogen (secondary N) is 1. The van der Waals surface area contributed by atoms with Crippen LogP contribution in [0.4, 0.5) is 0 Å². The summed E-state index contributed by atoms with van der Waals surface area (Å²) in [4.78, 5) is 4.21. The average molecular weight is 256 g/mol. The van der Waals surface area contributed by atoms with Gasteiger partial charge in [-0.25, -0.2) is 4.98 Å². The summed E-state index contributed by atoms with van der Waals surface area (Å²) in [6, 6.07) is 9.80. The average Bonchev–Trinajstić information content (AvgIpc) is 2.39. The quantitative estimate of drug-likeness (QED) is 0.662. The van der Waals surface area contributed by atoms with Crippen molar-refractivity contribution in [3.8, 4) is 11.8 Å². The molecule has 0 bridgehead atoms. The molecule has 0 spiro atoms. The fraction of sp³-hybridized carbons (Fsp3) is 0.154. The molecule has 4 nitrogen and oxygen atoms in total. The van der Waals surface area contributed by atoms with Crippen LogP contribution in [0.2, 0.25) is 0 Å². The minimum Gasteiger partial charge on any atom is -0.283 e. The molecule has 2 aromatic rings. The lowest BCUT2D eigenvalue weighted by atomic mass is 10.2. The van der Waals surface area contributed by atoms with Crippen molar-refractivity contribution in [2.24, 2.45) is 0 Å². The van der Waals surface area contributed by atoms with Crippen LogP contribution in [-0.2, 0) is 0 Å². The molecule has 1 aromatic carbocycles. The van der Waals surface area contributed by atoms with E-state index in [1.54, 1.807) is 4.57 Å². The van der Waals surface area contributed by atoms with Gasteiger partial charge in [-0.2, -0.15) is 5.26 Å². The number of benzene rings is 1. The Bertz CT molecular complexity index is 665. The number of aromatic nitrogens is 2. The van der Waals surface area contributed by atoms with E-state index in [2.05, 4.69) is 4.98 Å². The van der Waals surface area contributed by atoms with Crippen LogP contribution in [0.15, 0.2) is 35.6 Å². The van der Waals surface area contributed by atoms with E-state index in [-0.39, 0.29) is 11.1 Å². The van der Waals surface area contributed by atoms with E-state index in [4.69, 9.17) is 10.7 Å². The van der Waals surface area contributed by atoms with Gasteiger partial charge in [-0.05, 0) is 25.3 Å². The Kier molecular flexibility index (Phi) is 3.49. The van der Waals surface area contributed by atoms with Crippen molar-refractivity contribution >= 4 is 11.8 Å². The number of aryl methyl sites for hydroxylation is 1. The van der Waals surface area contributed by atoms with E-state index in [1.807, 2.05) is 43.5 Å². The standard InChI is InChI=1S/C13H12N4S/c1-9-3-5-11(6-4-9)17-12(15)10(7-14)8-16-13(17)18-2/h3-6,8,15H,1-2H3. The van der Waals surface area contributed by atoms with Gasteiger partial charge < -0.3 is 0 Å². The van der Waals surface area contributed by atoms with E-state index in [9.17, 15) is 0 Å². The van der Waals surface area contributed by atoms with Crippen LogP contribution < -0.4 is 5.49 Å². The highest BCUT2D eigenvalue weighted by atomic mass is 32.2. The molecular formula is C13H12N4S. The summed E-state index contributed by atoms with van der Waals surface area (Å²) in [5.41, 5.74) is 2.44. The summed E-state index contributed by atoms with van der Waals surface area (Å²) in [5.74, 6) is 0. The van der Waals surface area contributed by atoms with E-state index < -0.39 is 0 Å². The highest BCUT2D eigenvalue weighted by molar-refractivity contribution is 7.98. The smallest absolute Gasteiger partial charge is 0.173 e.